The summed E-state index contributed by atoms with van der Waals surface area (Å²) in [4.78, 5) is 40.1. The molecule has 0 radical (unpaired) electrons. The summed E-state index contributed by atoms with van der Waals surface area (Å²) >= 11 is 0. The van der Waals surface area contributed by atoms with Crippen LogP contribution in [-0.4, -0.2) is 43.5 Å². The zero-order valence-corrected chi connectivity index (χ0v) is 18.3. The summed E-state index contributed by atoms with van der Waals surface area (Å²) in [6, 6.07) is 14.7. The van der Waals surface area contributed by atoms with Gasteiger partial charge in [-0.3, -0.25) is 14.4 Å². The van der Waals surface area contributed by atoms with E-state index in [9.17, 15) is 14.4 Å². The molecule has 168 valence electrons. The number of carbonyl (C=O) groups is 3. The number of para-hydroxylation sites is 2. The van der Waals surface area contributed by atoms with Crippen LogP contribution in [-0.2, 0) is 20.7 Å². The summed E-state index contributed by atoms with van der Waals surface area (Å²) in [5.41, 5.74) is 2.79. The van der Waals surface area contributed by atoms with Gasteiger partial charge in [-0.05, 0) is 43.0 Å². The number of hydrogen-bond acceptors (Lipinski definition) is 4. The van der Waals surface area contributed by atoms with Gasteiger partial charge in [0.15, 0.2) is 0 Å². The van der Waals surface area contributed by atoms with Crippen molar-refractivity contribution in [3.05, 3.63) is 59.7 Å². The summed E-state index contributed by atoms with van der Waals surface area (Å²) in [7, 11) is 0. The minimum Gasteiger partial charge on any atom is -0.376 e. The molecule has 0 spiro atoms. The van der Waals surface area contributed by atoms with Crippen molar-refractivity contribution in [1.29, 1.82) is 0 Å². The molecular weight excluding hydrogens is 406 g/mol. The lowest BCUT2D eigenvalue weighted by Crippen LogP contribution is -2.33. The lowest BCUT2D eigenvalue weighted by molar-refractivity contribution is -0.122. The second-order valence-electron chi connectivity index (χ2n) is 8.27. The zero-order chi connectivity index (χ0) is 22.5. The van der Waals surface area contributed by atoms with Crippen LogP contribution in [0.1, 0.15) is 42.1 Å². The van der Waals surface area contributed by atoms with E-state index in [2.05, 4.69) is 10.6 Å². The molecule has 7 nitrogen and oxygen atoms in total. The van der Waals surface area contributed by atoms with Crippen LogP contribution in [0.25, 0.3) is 0 Å². The van der Waals surface area contributed by atoms with Crippen molar-refractivity contribution in [2.75, 3.05) is 29.9 Å². The highest BCUT2D eigenvalue weighted by Crippen LogP contribution is 2.29. The highest BCUT2D eigenvalue weighted by molar-refractivity contribution is 6.07. The molecule has 2 aliphatic heterocycles. The van der Waals surface area contributed by atoms with E-state index >= 15 is 0 Å². The van der Waals surface area contributed by atoms with Gasteiger partial charge in [0.1, 0.15) is 0 Å². The fourth-order valence-corrected chi connectivity index (χ4v) is 4.32. The number of benzene rings is 2. The minimum absolute atomic E-state index is 0.0437. The first-order chi connectivity index (χ1) is 15.6. The topological polar surface area (TPSA) is 87.7 Å². The first kappa shape index (κ1) is 22.0. The lowest BCUT2D eigenvalue weighted by atomic mass is 10.1. The Morgan fingerprint density at radius 2 is 1.91 bits per heavy atom. The van der Waals surface area contributed by atoms with Crippen LogP contribution in [0.4, 0.5) is 11.4 Å². The molecule has 32 heavy (non-hydrogen) atoms. The molecule has 2 aromatic carbocycles. The van der Waals surface area contributed by atoms with E-state index in [0.717, 1.165) is 37.1 Å². The monoisotopic (exact) mass is 435 g/mol. The van der Waals surface area contributed by atoms with Crippen LogP contribution in [0.15, 0.2) is 48.5 Å². The third-order valence-corrected chi connectivity index (χ3v) is 6.10. The van der Waals surface area contributed by atoms with E-state index in [1.165, 1.54) is 0 Å². The summed E-state index contributed by atoms with van der Waals surface area (Å²) in [5.74, 6) is -1.05. The highest BCUT2D eigenvalue weighted by atomic mass is 16.5. The van der Waals surface area contributed by atoms with E-state index in [1.54, 1.807) is 29.2 Å². The molecule has 2 fully saturated rings. The van der Waals surface area contributed by atoms with Crippen molar-refractivity contribution in [1.82, 2.24) is 5.32 Å². The standard InChI is InChI=1S/C25H29N3O4/c1-2-17-8-3-6-12-22(17)28-16-18(14-23(28)29)24(30)27-21-11-5-4-10-20(21)25(31)26-15-19-9-7-13-32-19/h3-6,8,10-12,18-19H,2,7,9,13-16H2,1H3,(H,26,31)(H,27,30). The fourth-order valence-electron chi connectivity index (χ4n) is 4.32. The second-order valence-corrected chi connectivity index (χ2v) is 8.27. The number of rotatable bonds is 7. The molecule has 2 N–H and O–H groups in total. The normalized spacial score (nSPS) is 20.4. The Labute approximate surface area is 188 Å². The van der Waals surface area contributed by atoms with E-state index < -0.39 is 5.92 Å². The van der Waals surface area contributed by atoms with Gasteiger partial charge >= 0.3 is 0 Å². The number of nitrogens with zero attached hydrogens (tertiary/aromatic N) is 1. The van der Waals surface area contributed by atoms with E-state index in [-0.39, 0.29) is 30.2 Å². The first-order valence-electron chi connectivity index (χ1n) is 11.2. The van der Waals surface area contributed by atoms with Gasteiger partial charge in [0.25, 0.3) is 5.91 Å². The van der Waals surface area contributed by atoms with Crippen molar-refractivity contribution < 1.29 is 19.1 Å². The number of amides is 3. The summed E-state index contributed by atoms with van der Waals surface area (Å²) < 4.78 is 5.55. The Kier molecular flexibility index (Phi) is 6.85. The van der Waals surface area contributed by atoms with Gasteiger partial charge in [-0.25, -0.2) is 0 Å². The highest BCUT2D eigenvalue weighted by Gasteiger charge is 2.36. The Balaban J connectivity index is 1.42. The molecule has 2 unspecified atom stereocenters. The van der Waals surface area contributed by atoms with Crippen LogP contribution in [0, 0.1) is 5.92 Å². The number of anilines is 2. The molecule has 2 heterocycles. The average molecular weight is 436 g/mol. The van der Waals surface area contributed by atoms with Gasteiger partial charge in [0, 0.05) is 31.8 Å². The number of aryl methyl sites for hydroxylation is 1. The number of carbonyl (C=O) groups excluding carboxylic acids is 3. The predicted molar refractivity (Wildman–Crippen MR) is 123 cm³/mol. The van der Waals surface area contributed by atoms with Crippen LogP contribution in [0.3, 0.4) is 0 Å². The van der Waals surface area contributed by atoms with Crippen LogP contribution < -0.4 is 15.5 Å². The summed E-state index contributed by atoms with van der Waals surface area (Å²) in [5, 5.41) is 5.77. The quantitative estimate of drug-likeness (QED) is 0.699. The molecule has 0 aromatic heterocycles. The van der Waals surface area contributed by atoms with Gasteiger partial charge in [-0.1, -0.05) is 37.3 Å². The van der Waals surface area contributed by atoms with Crippen LogP contribution in [0.2, 0.25) is 0 Å². The van der Waals surface area contributed by atoms with Crippen LogP contribution >= 0.6 is 0 Å². The second kappa shape index (κ2) is 9.96. The largest absolute Gasteiger partial charge is 0.376 e. The number of ether oxygens (including phenoxy) is 1. The van der Waals surface area contributed by atoms with Crippen LogP contribution in [0.5, 0.6) is 0 Å². The van der Waals surface area contributed by atoms with Gasteiger partial charge in [0.05, 0.1) is 23.3 Å². The van der Waals surface area contributed by atoms with Gasteiger partial charge in [-0.15, -0.1) is 0 Å². The van der Waals surface area contributed by atoms with E-state index in [4.69, 9.17) is 4.74 Å². The Morgan fingerprint density at radius 1 is 1.12 bits per heavy atom. The molecule has 0 saturated carbocycles. The zero-order valence-electron chi connectivity index (χ0n) is 18.3. The van der Waals surface area contributed by atoms with Gasteiger partial charge in [0.2, 0.25) is 11.8 Å². The third kappa shape index (κ3) is 4.83. The van der Waals surface area contributed by atoms with Crippen molar-refractivity contribution in [3.63, 3.8) is 0 Å². The Morgan fingerprint density at radius 3 is 2.69 bits per heavy atom. The minimum atomic E-state index is -0.476. The number of nitrogens with one attached hydrogen (secondary N) is 2. The molecule has 2 aliphatic rings. The van der Waals surface area contributed by atoms with Crippen molar-refractivity contribution in [2.45, 2.75) is 38.7 Å². The maximum absolute atomic E-state index is 13.0. The lowest BCUT2D eigenvalue weighted by Gasteiger charge is -2.20. The van der Waals surface area contributed by atoms with E-state index in [1.807, 2.05) is 31.2 Å². The molecule has 0 bridgehead atoms. The first-order valence-corrected chi connectivity index (χ1v) is 11.2. The third-order valence-electron chi connectivity index (χ3n) is 6.10. The molecule has 2 aromatic rings. The summed E-state index contributed by atoms with van der Waals surface area (Å²) in [6.07, 6.45) is 2.95. The Bertz CT molecular complexity index is 1000. The van der Waals surface area contributed by atoms with E-state index in [0.29, 0.717) is 24.3 Å². The maximum atomic E-state index is 13.0. The van der Waals surface area contributed by atoms with Crippen molar-refractivity contribution >= 4 is 29.1 Å². The molecule has 4 rings (SSSR count). The molecule has 2 atom stereocenters. The maximum Gasteiger partial charge on any atom is 0.253 e. The summed E-state index contributed by atoms with van der Waals surface area (Å²) in [6.45, 7) is 3.55. The smallest absolute Gasteiger partial charge is 0.253 e. The average Bonchev–Trinajstić information content (AvgIpc) is 3.47. The molecule has 2 saturated heterocycles. The van der Waals surface area contributed by atoms with Gasteiger partial charge in [-0.2, -0.15) is 0 Å². The van der Waals surface area contributed by atoms with Gasteiger partial charge < -0.3 is 20.3 Å². The molecule has 3 amide bonds. The fraction of sp³-hybridized carbons (Fsp3) is 0.400. The number of hydrogen-bond donors (Lipinski definition) is 2. The predicted octanol–water partition coefficient (Wildman–Crippen LogP) is 3.15. The van der Waals surface area contributed by atoms with Crippen molar-refractivity contribution in [2.24, 2.45) is 5.92 Å². The molecular formula is C25H29N3O4. The Hall–Kier alpha value is -3.19. The SMILES string of the molecule is CCc1ccccc1N1CC(C(=O)Nc2ccccc2C(=O)NCC2CCCO2)CC1=O. The molecule has 0 aliphatic carbocycles. The molecule has 7 heteroatoms. The van der Waals surface area contributed by atoms with Crippen molar-refractivity contribution in [3.8, 4) is 0 Å².